The van der Waals surface area contributed by atoms with Crippen molar-refractivity contribution in [3.8, 4) is 5.88 Å². The number of amides is 1. The molecule has 1 N–H and O–H groups in total. The fraction of sp³-hybridized carbons (Fsp3) is 0.444. The Morgan fingerprint density at radius 1 is 1.16 bits per heavy atom. The van der Waals surface area contributed by atoms with E-state index in [1.807, 2.05) is 12.1 Å². The molecule has 4 rings (SSSR count). The Labute approximate surface area is 146 Å². The van der Waals surface area contributed by atoms with Gasteiger partial charge in [0.25, 0.3) is 0 Å². The molecule has 1 amide bonds. The molecule has 0 radical (unpaired) electrons. The molecule has 1 aliphatic carbocycles. The predicted molar refractivity (Wildman–Crippen MR) is 93.4 cm³/mol. The number of ether oxygens (including phenoxy) is 1. The lowest BCUT2D eigenvalue weighted by Gasteiger charge is -2.14. The number of anilines is 2. The minimum atomic E-state index is 0.116. The van der Waals surface area contributed by atoms with E-state index in [4.69, 9.17) is 4.74 Å². The zero-order valence-corrected chi connectivity index (χ0v) is 14.0. The van der Waals surface area contributed by atoms with Crippen LogP contribution < -0.4 is 15.0 Å². The molecule has 2 fully saturated rings. The maximum atomic E-state index is 11.7. The highest BCUT2D eigenvalue weighted by Crippen LogP contribution is 2.29. The second kappa shape index (κ2) is 7.04. The van der Waals surface area contributed by atoms with E-state index in [-0.39, 0.29) is 5.91 Å². The molecule has 2 aromatic rings. The molecule has 0 aromatic carbocycles. The summed E-state index contributed by atoms with van der Waals surface area (Å²) in [5, 5.41) is 3.21. The number of carbonyl (C=O) groups is 1. The van der Waals surface area contributed by atoms with Gasteiger partial charge in [-0.05, 0) is 30.7 Å². The number of carbonyl (C=O) groups excluding carboxylic acids is 1. The Balaban J connectivity index is 1.29. The standard InChI is InChI=1S/C18H21N5O2/c24-18-2-1-7-23(18)16-11-20-15(10-21-16)19-8-14-5-6-17(22-9-14)25-12-13-3-4-13/h5-6,9-11,13H,1-4,7-8,12H2,(H,19,20). The van der Waals surface area contributed by atoms with Crippen molar-refractivity contribution in [2.75, 3.05) is 23.4 Å². The van der Waals surface area contributed by atoms with Crippen LogP contribution >= 0.6 is 0 Å². The van der Waals surface area contributed by atoms with Gasteiger partial charge in [0, 0.05) is 31.8 Å². The molecular weight excluding hydrogens is 318 g/mol. The molecule has 7 nitrogen and oxygen atoms in total. The van der Waals surface area contributed by atoms with Crippen LogP contribution in [-0.4, -0.2) is 34.0 Å². The van der Waals surface area contributed by atoms with Gasteiger partial charge in [-0.25, -0.2) is 15.0 Å². The zero-order chi connectivity index (χ0) is 17.1. The third-order valence-electron chi connectivity index (χ3n) is 4.42. The van der Waals surface area contributed by atoms with Crippen molar-refractivity contribution in [3.63, 3.8) is 0 Å². The first kappa shape index (κ1) is 15.8. The normalized spacial score (nSPS) is 17.0. The van der Waals surface area contributed by atoms with Crippen LogP contribution in [0.2, 0.25) is 0 Å². The zero-order valence-electron chi connectivity index (χ0n) is 14.0. The summed E-state index contributed by atoms with van der Waals surface area (Å²) in [5.41, 5.74) is 1.04. The Morgan fingerprint density at radius 2 is 2.08 bits per heavy atom. The van der Waals surface area contributed by atoms with Crippen LogP contribution in [0.3, 0.4) is 0 Å². The Morgan fingerprint density at radius 3 is 2.72 bits per heavy atom. The van der Waals surface area contributed by atoms with Crippen LogP contribution in [0.15, 0.2) is 30.7 Å². The second-order valence-corrected chi connectivity index (χ2v) is 6.52. The topological polar surface area (TPSA) is 80.2 Å². The van der Waals surface area contributed by atoms with Gasteiger partial charge < -0.3 is 10.1 Å². The summed E-state index contributed by atoms with van der Waals surface area (Å²) >= 11 is 0. The molecule has 0 bridgehead atoms. The van der Waals surface area contributed by atoms with Gasteiger partial charge in [0.05, 0.1) is 19.0 Å². The van der Waals surface area contributed by atoms with E-state index in [9.17, 15) is 4.79 Å². The van der Waals surface area contributed by atoms with Gasteiger partial charge in [-0.1, -0.05) is 6.07 Å². The predicted octanol–water partition coefficient (Wildman–Crippen LogP) is 2.40. The van der Waals surface area contributed by atoms with Gasteiger partial charge in [-0.15, -0.1) is 0 Å². The molecule has 0 spiro atoms. The Bertz CT molecular complexity index is 728. The van der Waals surface area contributed by atoms with E-state index in [1.54, 1.807) is 23.5 Å². The lowest BCUT2D eigenvalue weighted by molar-refractivity contribution is -0.117. The van der Waals surface area contributed by atoms with Gasteiger partial charge in [-0.2, -0.15) is 0 Å². The number of pyridine rings is 1. The van der Waals surface area contributed by atoms with Crippen molar-refractivity contribution >= 4 is 17.5 Å². The van der Waals surface area contributed by atoms with Crippen molar-refractivity contribution < 1.29 is 9.53 Å². The summed E-state index contributed by atoms with van der Waals surface area (Å²) < 4.78 is 5.63. The number of hydrogen-bond donors (Lipinski definition) is 1. The summed E-state index contributed by atoms with van der Waals surface area (Å²) in [6.45, 7) is 2.10. The first-order valence-corrected chi connectivity index (χ1v) is 8.72. The minimum Gasteiger partial charge on any atom is -0.477 e. The van der Waals surface area contributed by atoms with E-state index >= 15 is 0 Å². The maximum Gasteiger partial charge on any atom is 0.228 e. The van der Waals surface area contributed by atoms with Crippen molar-refractivity contribution in [2.45, 2.75) is 32.2 Å². The fourth-order valence-electron chi connectivity index (χ4n) is 2.72. The Hall–Kier alpha value is -2.70. The quantitative estimate of drug-likeness (QED) is 0.834. The van der Waals surface area contributed by atoms with Gasteiger partial charge >= 0.3 is 0 Å². The molecule has 2 aromatic heterocycles. The van der Waals surface area contributed by atoms with Gasteiger partial charge in [0.15, 0.2) is 5.82 Å². The van der Waals surface area contributed by atoms with Crippen molar-refractivity contribution in [1.82, 2.24) is 15.0 Å². The van der Waals surface area contributed by atoms with Gasteiger partial charge in [-0.3, -0.25) is 9.69 Å². The molecular formula is C18H21N5O2. The van der Waals surface area contributed by atoms with Gasteiger partial charge in [0.1, 0.15) is 5.82 Å². The SMILES string of the molecule is O=C1CCCN1c1cnc(NCc2ccc(OCC3CC3)nc2)cn1. The summed E-state index contributed by atoms with van der Waals surface area (Å²) in [6.07, 6.45) is 9.12. The van der Waals surface area contributed by atoms with Crippen molar-refractivity contribution in [1.29, 1.82) is 0 Å². The summed E-state index contributed by atoms with van der Waals surface area (Å²) in [6, 6.07) is 3.89. The molecule has 1 aliphatic heterocycles. The van der Waals surface area contributed by atoms with Crippen LogP contribution in [-0.2, 0) is 11.3 Å². The molecule has 1 saturated heterocycles. The molecule has 1 saturated carbocycles. The minimum absolute atomic E-state index is 0.116. The molecule has 7 heteroatoms. The smallest absolute Gasteiger partial charge is 0.228 e. The van der Waals surface area contributed by atoms with Gasteiger partial charge in [0.2, 0.25) is 11.8 Å². The molecule has 0 atom stereocenters. The summed E-state index contributed by atoms with van der Waals surface area (Å²) in [7, 11) is 0. The van der Waals surface area contributed by atoms with Crippen molar-refractivity contribution in [2.24, 2.45) is 5.92 Å². The third kappa shape index (κ3) is 4.04. The number of rotatable bonds is 7. The highest BCUT2D eigenvalue weighted by Gasteiger charge is 2.23. The van der Waals surface area contributed by atoms with E-state index < -0.39 is 0 Å². The average molecular weight is 339 g/mol. The highest BCUT2D eigenvalue weighted by atomic mass is 16.5. The number of aromatic nitrogens is 3. The largest absolute Gasteiger partial charge is 0.477 e. The van der Waals surface area contributed by atoms with E-state index in [0.29, 0.717) is 30.5 Å². The van der Waals surface area contributed by atoms with E-state index in [0.717, 1.165) is 31.1 Å². The van der Waals surface area contributed by atoms with Crippen LogP contribution in [0.5, 0.6) is 5.88 Å². The molecule has 2 aliphatic rings. The lowest BCUT2D eigenvalue weighted by Crippen LogP contribution is -2.24. The average Bonchev–Trinajstić information content (AvgIpc) is 3.39. The van der Waals surface area contributed by atoms with E-state index in [1.165, 1.54) is 12.8 Å². The molecule has 3 heterocycles. The maximum absolute atomic E-state index is 11.7. The Kier molecular flexibility index (Phi) is 4.45. The van der Waals surface area contributed by atoms with Crippen LogP contribution in [0.1, 0.15) is 31.2 Å². The van der Waals surface area contributed by atoms with Crippen LogP contribution in [0.4, 0.5) is 11.6 Å². The summed E-state index contributed by atoms with van der Waals surface area (Å²) in [4.78, 5) is 26.4. The molecule has 0 unspecified atom stereocenters. The van der Waals surface area contributed by atoms with Crippen molar-refractivity contribution in [3.05, 3.63) is 36.3 Å². The number of nitrogens with zero attached hydrogens (tertiary/aromatic N) is 4. The first-order valence-electron chi connectivity index (χ1n) is 8.72. The summed E-state index contributed by atoms with van der Waals surface area (Å²) in [5.74, 6) is 2.80. The highest BCUT2D eigenvalue weighted by molar-refractivity contribution is 5.94. The van der Waals surface area contributed by atoms with Crippen LogP contribution in [0, 0.1) is 5.92 Å². The first-order chi connectivity index (χ1) is 12.3. The van der Waals surface area contributed by atoms with E-state index in [2.05, 4.69) is 20.3 Å². The third-order valence-corrected chi connectivity index (χ3v) is 4.42. The van der Waals surface area contributed by atoms with Crippen LogP contribution in [0.25, 0.3) is 0 Å². The second-order valence-electron chi connectivity index (χ2n) is 6.52. The number of nitrogens with one attached hydrogen (secondary N) is 1. The number of hydrogen-bond acceptors (Lipinski definition) is 6. The monoisotopic (exact) mass is 339 g/mol. The fourth-order valence-corrected chi connectivity index (χ4v) is 2.72. The molecule has 25 heavy (non-hydrogen) atoms. The molecule has 130 valence electrons. The lowest BCUT2D eigenvalue weighted by atomic mass is 10.3.